The highest BCUT2D eigenvalue weighted by molar-refractivity contribution is 5.92. The Morgan fingerprint density at radius 1 is 1.28 bits per heavy atom. The minimum absolute atomic E-state index is 0. The number of amides is 1. The molecule has 0 aliphatic carbocycles. The summed E-state index contributed by atoms with van der Waals surface area (Å²) >= 11 is 0. The van der Waals surface area contributed by atoms with Crippen molar-refractivity contribution in [3.63, 3.8) is 0 Å². The van der Waals surface area contributed by atoms with Crippen molar-refractivity contribution in [1.29, 1.82) is 0 Å². The fourth-order valence-corrected chi connectivity index (χ4v) is 2.47. The number of halogens is 1. The van der Waals surface area contributed by atoms with Crippen molar-refractivity contribution < 1.29 is 4.79 Å². The lowest BCUT2D eigenvalue weighted by Gasteiger charge is -2.14. The van der Waals surface area contributed by atoms with Crippen molar-refractivity contribution >= 4 is 24.1 Å². The van der Waals surface area contributed by atoms with E-state index in [4.69, 9.17) is 5.10 Å². The second-order valence-electron chi connectivity index (χ2n) is 7.31. The van der Waals surface area contributed by atoms with E-state index in [0.717, 1.165) is 16.9 Å². The largest absolute Gasteiger partial charge is 0.319 e. The molecular weight excluding hydrogens is 336 g/mol. The minimum Gasteiger partial charge on any atom is -0.319 e. The standard InChI is InChI=1S/C19H28N4O.ClH/c1-13-9-7-8-10-15(13)23-17(11-16(22-23)19(3,4)5)21-18(24)14(2)12-20-6;/h7-11,14,20H,12H2,1-6H3,(H,21,24);1H. The Morgan fingerprint density at radius 2 is 1.92 bits per heavy atom. The number of benzene rings is 1. The van der Waals surface area contributed by atoms with Gasteiger partial charge in [-0.2, -0.15) is 5.10 Å². The summed E-state index contributed by atoms with van der Waals surface area (Å²) in [7, 11) is 1.85. The molecule has 2 rings (SSSR count). The lowest BCUT2D eigenvalue weighted by molar-refractivity contribution is -0.119. The monoisotopic (exact) mass is 364 g/mol. The number of anilines is 1. The molecule has 0 spiro atoms. The highest BCUT2D eigenvalue weighted by atomic mass is 35.5. The van der Waals surface area contributed by atoms with E-state index in [1.807, 2.05) is 55.9 Å². The van der Waals surface area contributed by atoms with Gasteiger partial charge < -0.3 is 10.6 Å². The first-order valence-electron chi connectivity index (χ1n) is 8.36. The summed E-state index contributed by atoms with van der Waals surface area (Å²) in [4.78, 5) is 12.4. The molecule has 1 unspecified atom stereocenters. The molecule has 0 fully saturated rings. The molecule has 25 heavy (non-hydrogen) atoms. The summed E-state index contributed by atoms with van der Waals surface area (Å²) in [6.07, 6.45) is 0. The maximum Gasteiger partial charge on any atom is 0.229 e. The SMILES string of the molecule is CNCC(C)C(=O)Nc1cc(C(C)(C)C)nn1-c1ccccc1C.Cl. The van der Waals surface area contributed by atoms with E-state index in [9.17, 15) is 4.79 Å². The van der Waals surface area contributed by atoms with Crippen molar-refractivity contribution in [2.24, 2.45) is 5.92 Å². The van der Waals surface area contributed by atoms with Crippen molar-refractivity contribution in [3.8, 4) is 5.69 Å². The number of hydrogen-bond donors (Lipinski definition) is 2. The third kappa shape index (κ3) is 5.06. The Bertz CT molecular complexity index is 718. The van der Waals surface area contributed by atoms with Gasteiger partial charge in [-0.3, -0.25) is 4.79 Å². The van der Waals surface area contributed by atoms with Gasteiger partial charge in [-0.25, -0.2) is 4.68 Å². The van der Waals surface area contributed by atoms with Crippen LogP contribution in [0.25, 0.3) is 5.69 Å². The Hall–Kier alpha value is -1.85. The van der Waals surface area contributed by atoms with Gasteiger partial charge in [0.1, 0.15) is 5.82 Å². The van der Waals surface area contributed by atoms with Crippen LogP contribution < -0.4 is 10.6 Å². The molecule has 0 saturated heterocycles. The molecule has 0 aliphatic rings. The fourth-order valence-electron chi connectivity index (χ4n) is 2.47. The summed E-state index contributed by atoms with van der Waals surface area (Å²) < 4.78 is 1.83. The average Bonchev–Trinajstić information content (AvgIpc) is 2.92. The number of carbonyl (C=O) groups excluding carboxylic acids is 1. The summed E-state index contributed by atoms with van der Waals surface area (Å²) in [6.45, 7) is 10.9. The molecule has 5 nitrogen and oxygen atoms in total. The molecule has 2 N–H and O–H groups in total. The van der Waals surface area contributed by atoms with Gasteiger partial charge in [-0.1, -0.05) is 45.9 Å². The van der Waals surface area contributed by atoms with E-state index in [1.165, 1.54) is 0 Å². The predicted octanol–water partition coefficient (Wildman–Crippen LogP) is 3.69. The van der Waals surface area contributed by atoms with E-state index in [0.29, 0.717) is 12.4 Å². The van der Waals surface area contributed by atoms with Crippen LogP contribution >= 0.6 is 12.4 Å². The molecule has 0 bridgehead atoms. The number of nitrogens with one attached hydrogen (secondary N) is 2. The smallest absolute Gasteiger partial charge is 0.229 e. The second-order valence-corrected chi connectivity index (χ2v) is 7.31. The number of hydrogen-bond acceptors (Lipinski definition) is 3. The Balaban J connectivity index is 0.00000312. The zero-order chi connectivity index (χ0) is 17.9. The number of carbonyl (C=O) groups is 1. The molecule has 1 aromatic heterocycles. The van der Waals surface area contributed by atoms with Gasteiger partial charge in [-0.05, 0) is 25.6 Å². The summed E-state index contributed by atoms with van der Waals surface area (Å²) in [5.41, 5.74) is 2.94. The first-order valence-corrected chi connectivity index (χ1v) is 8.36. The number of para-hydroxylation sites is 1. The van der Waals surface area contributed by atoms with E-state index in [-0.39, 0.29) is 29.6 Å². The van der Waals surface area contributed by atoms with Crippen LogP contribution in [-0.2, 0) is 10.2 Å². The molecule has 0 radical (unpaired) electrons. The zero-order valence-corrected chi connectivity index (χ0v) is 16.7. The van der Waals surface area contributed by atoms with Crippen LogP contribution in [0.2, 0.25) is 0 Å². The molecule has 1 heterocycles. The van der Waals surface area contributed by atoms with Crippen LogP contribution in [0, 0.1) is 12.8 Å². The topological polar surface area (TPSA) is 59.0 Å². The van der Waals surface area contributed by atoms with Crippen molar-refractivity contribution in [1.82, 2.24) is 15.1 Å². The maximum absolute atomic E-state index is 12.4. The number of aryl methyl sites for hydroxylation is 1. The summed E-state index contributed by atoms with van der Waals surface area (Å²) in [6, 6.07) is 10.0. The number of rotatable bonds is 5. The zero-order valence-electron chi connectivity index (χ0n) is 15.9. The molecule has 0 aliphatic heterocycles. The van der Waals surface area contributed by atoms with E-state index in [1.54, 1.807) is 0 Å². The van der Waals surface area contributed by atoms with Gasteiger partial charge in [0, 0.05) is 23.9 Å². The molecule has 1 atom stereocenters. The van der Waals surface area contributed by atoms with Crippen LogP contribution in [0.3, 0.4) is 0 Å². The van der Waals surface area contributed by atoms with Gasteiger partial charge in [0.05, 0.1) is 11.4 Å². The third-order valence-corrected chi connectivity index (χ3v) is 4.03. The van der Waals surface area contributed by atoms with Gasteiger partial charge in [0.2, 0.25) is 5.91 Å². The molecule has 2 aromatic rings. The van der Waals surface area contributed by atoms with Crippen LogP contribution in [0.5, 0.6) is 0 Å². The first kappa shape index (κ1) is 21.2. The first-order chi connectivity index (χ1) is 11.2. The molecule has 6 heteroatoms. The van der Waals surface area contributed by atoms with Gasteiger partial charge in [-0.15, -0.1) is 12.4 Å². The average molecular weight is 365 g/mol. The van der Waals surface area contributed by atoms with Crippen LogP contribution in [0.1, 0.15) is 39.0 Å². The number of aromatic nitrogens is 2. The van der Waals surface area contributed by atoms with Gasteiger partial charge in [0.15, 0.2) is 0 Å². The Labute approximate surface area is 156 Å². The maximum atomic E-state index is 12.4. The lowest BCUT2D eigenvalue weighted by atomic mass is 9.92. The van der Waals surface area contributed by atoms with Crippen LogP contribution in [0.4, 0.5) is 5.82 Å². The molecule has 138 valence electrons. The van der Waals surface area contributed by atoms with Gasteiger partial charge in [0.25, 0.3) is 0 Å². The van der Waals surface area contributed by atoms with Crippen molar-refractivity contribution in [3.05, 3.63) is 41.6 Å². The van der Waals surface area contributed by atoms with E-state index in [2.05, 4.69) is 31.4 Å². The third-order valence-electron chi connectivity index (χ3n) is 4.03. The lowest BCUT2D eigenvalue weighted by Crippen LogP contribution is -2.29. The van der Waals surface area contributed by atoms with Crippen molar-refractivity contribution in [2.75, 3.05) is 18.9 Å². The van der Waals surface area contributed by atoms with E-state index >= 15 is 0 Å². The normalized spacial score (nSPS) is 12.4. The van der Waals surface area contributed by atoms with Crippen LogP contribution in [0.15, 0.2) is 30.3 Å². The Kier molecular flexibility index (Phi) is 7.20. The highest BCUT2D eigenvalue weighted by Gasteiger charge is 2.23. The van der Waals surface area contributed by atoms with Crippen LogP contribution in [-0.4, -0.2) is 29.3 Å². The number of nitrogens with zero attached hydrogens (tertiary/aromatic N) is 2. The Morgan fingerprint density at radius 3 is 2.48 bits per heavy atom. The minimum atomic E-state index is -0.117. The molecule has 1 aromatic carbocycles. The molecule has 1 amide bonds. The molecule has 0 saturated carbocycles. The van der Waals surface area contributed by atoms with Crippen molar-refractivity contribution in [2.45, 2.75) is 40.0 Å². The summed E-state index contributed by atoms with van der Waals surface area (Å²) in [5.74, 6) is 0.579. The molecular formula is C19H29ClN4O. The quantitative estimate of drug-likeness (QED) is 0.850. The van der Waals surface area contributed by atoms with E-state index < -0.39 is 0 Å². The van der Waals surface area contributed by atoms with Gasteiger partial charge >= 0.3 is 0 Å². The fraction of sp³-hybridized carbons (Fsp3) is 0.474. The summed E-state index contributed by atoms with van der Waals surface area (Å²) in [5, 5.41) is 10.8. The predicted molar refractivity (Wildman–Crippen MR) is 106 cm³/mol. The highest BCUT2D eigenvalue weighted by Crippen LogP contribution is 2.27. The second kappa shape index (κ2) is 8.50.